The van der Waals surface area contributed by atoms with Gasteiger partial charge in [0.05, 0.1) is 19.2 Å². The van der Waals surface area contributed by atoms with Crippen LogP contribution in [0.25, 0.3) is 11.3 Å². The molecule has 1 unspecified atom stereocenters. The largest absolute Gasteiger partial charge is 0.497 e. The molecule has 158 valence electrons. The predicted octanol–water partition coefficient (Wildman–Crippen LogP) is 3.59. The number of carbonyl (C=O) groups is 1. The van der Waals surface area contributed by atoms with Crippen molar-refractivity contribution in [1.82, 2.24) is 14.7 Å². The number of nitrogens with two attached hydrogens (primary N) is 1. The molecule has 6 nitrogen and oxygen atoms in total. The fourth-order valence-electron chi connectivity index (χ4n) is 3.76. The van der Waals surface area contributed by atoms with Crippen molar-refractivity contribution in [3.63, 3.8) is 0 Å². The minimum Gasteiger partial charge on any atom is -0.497 e. The maximum Gasteiger partial charge on any atom is 0.257 e. The third kappa shape index (κ3) is 4.83. The van der Waals surface area contributed by atoms with Crippen LogP contribution in [0.5, 0.6) is 5.75 Å². The standard InChI is InChI=1S/C23H26N4O2.ClH/c1-29-20-11-9-18(10-12-20)22-21(23(28)26-13-5-8-19(24)15-26)16-27(25-22)14-17-6-3-2-4-7-17;/h2-4,6-7,9-12,16,19H,5,8,13-15,24H2,1H3;1H. The number of aromatic nitrogens is 2. The van der Waals surface area contributed by atoms with Gasteiger partial charge in [-0.3, -0.25) is 9.48 Å². The molecule has 1 aliphatic heterocycles. The molecule has 30 heavy (non-hydrogen) atoms. The normalized spacial score (nSPS) is 16.1. The Hall–Kier alpha value is -2.83. The summed E-state index contributed by atoms with van der Waals surface area (Å²) in [5.74, 6) is 0.762. The Morgan fingerprint density at radius 3 is 2.57 bits per heavy atom. The summed E-state index contributed by atoms with van der Waals surface area (Å²) in [6.07, 6.45) is 3.75. The number of hydrogen-bond acceptors (Lipinski definition) is 4. The number of rotatable bonds is 5. The van der Waals surface area contributed by atoms with E-state index in [9.17, 15) is 4.79 Å². The van der Waals surface area contributed by atoms with Crippen molar-refractivity contribution >= 4 is 18.3 Å². The number of benzene rings is 2. The summed E-state index contributed by atoms with van der Waals surface area (Å²) in [6.45, 7) is 1.93. The summed E-state index contributed by atoms with van der Waals surface area (Å²) in [5.41, 5.74) is 9.43. The van der Waals surface area contributed by atoms with Gasteiger partial charge in [0.1, 0.15) is 11.4 Å². The third-order valence-corrected chi connectivity index (χ3v) is 5.29. The summed E-state index contributed by atoms with van der Waals surface area (Å²) in [7, 11) is 1.64. The third-order valence-electron chi connectivity index (χ3n) is 5.29. The fraction of sp³-hybridized carbons (Fsp3) is 0.304. The molecule has 1 atom stereocenters. The van der Waals surface area contributed by atoms with Crippen molar-refractivity contribution in [2.24, 2.45) is 5.73 Å². The molecular formula is C23H27ClN4O2. The van der Waals surface area contributed by atoms with Gasteiger partial charge in [0, 0.05) is 30.9 Å². The number of halogens is 1. The molecule has 1 fully saturated rings. The Morgan fingerprint density at radius 1 is 1.17 bits per heavy atom. The lowest BCUT2D eigenvalue weighted by atomic mass is 10.0. The van der Waals surface area contributed by atoms with Crippen LogP contribution in [0.15, 0.2) is 60.8 Å². The zero-order valence-corrected chi connectivity index (χ0v) is 17.8. The molecule has 1 amide bonds. The van der Waals surface area contributed by atoms with Crippen molar-refractivity contribution in [3.8, 4) is 17.0 Å². The van der Waals surface area contributed by atoms with E-state index in [1.54, 1.807) is 7.11 Å². The first kappa shape index (κ1) is 21.9. The van der Waals surface area contributed by atoms with Crippen LogP contribution in [0.1, 0.15) is 28.8 Å². The molecule has 4 rings (SSSR count). The van der Waals surface area contributed by atoms with Crippen LogP contribution in [0.4, 0.5) is 0 Å². The topological polar surface area (TPSA) is 73.4 Å². The molecule has 0 radical (unpaired) electrons. The number of carbonyl (C=O) groups excluding carboxylic acids is 1. The van der Waals surface area contributed by atoms with E-state index in [1.807, 2.05) is 58.2 Å². The second kappa shape index (κ2) is 9.78. The van der Waals surface area contributed by atoms with Gasteiger partial charge in [-0.2, -0.15) is 5.10 Å². The van der Waals surface area contributed by atoms with E-state index in [1.165, 1.54) is 0 Å². The highest BCUT2D eigenvalue weighted by Gasteiger charge is 2.26. The highest BCUT2D eigenvalue weighted by molar-refractivity contribution is 6.00. The van der Waals surface area contributed by atoms with Gasteiger partial charge in [0.2, 0.25) is 0 Å². The Balaban J connectivity index is 0.00000256. The molecule has 0 saturated carbocycles. The first-order chi connectivity index (χ1) is 14.1. The highest BCUT2D eigenvalue weighted by atomic mass is 35.5. The average molecular weight is 427 g/mol. The van der Waals surface area contributed by atoms with Gasteiger partial charge in [0.15, 0.2) is 0 Å². The predicted molar refractivity (Wildman–Crippen MR) is 120 cm³/mol. The van der Waals surface area contributed by atoms with E-state index in [4.69, 9.17) is 15.6 Å². The Kier molecular flexibility index (Phi) is 7.13. The van der Waals surface area contributed by atoms with Crippen LogP contribution in [-0.4, -0.2) is 46.8 Å². The summed E-state index contributed by atoms with van der Waals surface area (Å²) in [4.78, 5) is 15.2. The van der Waals surface area contributed by atoms with E-state index in [0.29, 0.717) is 24.3 Å². The highest BCUT2D eigenvalue weighted by Crippen LogP contribution is 2.27. The zero-order chi connectivity index (χ0) is 20.2. The van der Waals surface area contributed by atoms with Gasteiger partial charge in [-0.1, -0.05) is 30.3 Å². The summed E-state index contributed by atoms with van der Waals surface area (Å²) in [5, 5.41) is 4.76. The first-order valence-corrected chi connectivity index (χ1v) is 9.94. The van der Waals surface area contributed by atoms with E-state index in [-0.39, 0.29) is 24.4 Å². The summed E-state index contributed by atoms with van der Waals surface area (Å²) < 4.78 is 7.10. The average Bonchev–Trinajstić information content (AvgIpc) is 3.17. The van der Waals surface area contributed by atoms with Crippen molar-refractivity contribution in [2.75, 3.05) is 20.2 Å². The molecule has 0 aliphatic carbocycles. The Bertz CT molecular complexity index is 973. The molecule has 7 heteroatoms. The van der Waals surface area contributed by atoms with Crippen molar-refractivity contribution in [3.05, 3.63) is 71.9 Å². The molecule has 1 aliphatic rings. The van der Waals surface area contributed by atoms with Crippen LogP contribution >= 0.6 is 12.4 Å². The fourth-order valence-corrected chi connectivity index (χ4v) is 3.76. The van der Waals surface area contributed by atoms with Crippen molar-refractivity contribution in [2.45, 2.75) is 25.4 Å². The molecule has 2 N–H and O–H groups in total. The van der Waals surface area contributed by atoms with Crippen LogP contribution in [0.2, 0.25) is 0 Å². The van der Waals surface area contributed by atoms with E-state index in [2.05, 4.69) is 12.1 Å². The molecule has 2 heterocycles. The van der Waals surface area contributed by atoms with Crippen LogP contribution in [-0.2, 0) is 6.54 Å². The maximum absolute atomic E-state index is 13.3. The van der Waals surface area contributed by atoms with Gasteiger partial charge in [-0.25, -0.2) is 0 Å². The van der Waals surface area contributed by atoms with Crippen molar-refractivity contribution in [1.29, 1.82) is 0 Å². The molecule has 0 bridgehead atoms. The maximum atomic E-state index is 13.3. The lowest BCUT2D eigenvalue weighted by Crippen LogP contribution is -2.45. The molecule has 3 aromatic rings. The van der Waals surface area contributed by atoms with Gasteiger partial charge in [-0.05, 0) is 42.7 Å². The molecule has 1 saturated heterocycles. The molecular weight excluding hydrogens is 400 g/mol. The molecule has 2 aromatic carbocycles. The monoisotopic (exact) mass is 426 g/mol. The van der Waals surface area contributed by atoms with Crippen LogP contribution in [0.3, 0.4) is 0 Å². The Labute approximate surface area is 183 Å². The van der Waals surface area contributed by atoms with Gasteiger partial charge >= 0.3 is 0 Å². The first-order valence-electron chi connectivity index (χ1n) is 9.94. The Morgan fingerprint density at radius 2 is 1.90 bits per heavy atom. The van der Waals surface area contributed by atoms with E-state index in [0.717, 1.165) is 36.3 Å². The number of likely N-dealkylation sites (tertiary alicyclic amines) is 1. The summed E-state index contributed by atoms with van der Waals surface area (Å²) >= 11 is 0. The van der Waals surface area contributed by atoms with Crippen LogP contribution < -0.4 is 10.5 Å². The number of amides is 1. The quantitative estimate of drug-likeness (QED) is 0.676. The van der Waals surface area contributed by atoms with Gasteiger partial charge in [-0.15, -0.1) is 12.4 Å². The number of ether oxygens (including phenoxy) is 1. The SMILES string of the molecule is COc1ccc(-c2nn(Cc3ccccc3)cc2C(=O)N2CCCC(N)C2)cc1.Cl. The lowest BCUT2D eigenvalue weighted by molar-refractivity contribution is 0.0709. The zero-order valence-electron chi connectivity index (χ0n) is 17.0. The minimum absolute atomic E-state index is 0. The molecule has 1 aromatic heterocycles. The number of methoxy groups -OCH3 is 1. The van der Waals surface area contributed by atoms with Crippen LogP contribution in [0, 0.1) is 0 Å². The lowest BCUT2D eigenvalue weighted by Gasteiger charge is -2.30. The van der Waals surface area contributed by atoms with E-state index >= 15 is 0 Å². The van der Waals surface area contributed by atoms with Gasteiger partial charge < -0.3 is 15.4 Å². The van der Waals surface area contributed by atoms with E-state index < -0.39 is 0 Å². The number of nitrogens with zero attached hydrogens (tertiary/aromatic N) is 3. The molecule has 0 spiro atoms. The number of hydrogen-bond donors (Lipinski definition) is 1. The second-order valence-electron chi connectivity index (χ2n) is 7.46. The summed E-state index contributed by atoms with van der Waals surface area (Å²) in [6, 6.07) is 17.8. The number of piperidine rings is 1. The van der Waals surface area contributed by atoms with Crippen molar-refractivity contribution < 1.29 is 9.53 Å². The smallest absolute Gasteiger partial charge is 0.257 e. The minimum atomic E-state index is -0.00900. The second-order valence-corrected chi connectivity index (χ2v) is 7.46. The van der Waals surface area contributed by atoms with Gasteiger partial charge in [0.25, 0.3) is 5.91 Å².